The van der Waals surface area contributed by atoms with E-state index in [9.17, 15) is 0 Å². The number of anilines is 3. The van der Waals surface area contributed by atoms with Crippen LogP contribution in [0.25, 0.3) is 33.4 Å². The first kappa shape index (κ1) is 33.7. The second-order valence-electron chi connectivity index (χ2n) is 16.3. The summed E-state index contributed by atoms with van der Waals surface area (Å²) < 4.78 is 6.89. The molecule has 0 N–H and O–H groups in total. The van der Waals surface area contributed by atoms with E-state index in [-0.39, 0.29) is 0 Å². The topological polar surface area (TPSA) is 12.5 Å². The molecule has 0 amide bonds. The molecule has 4 bridgehead atoms. The fraction of sp³-hybridized carbons (Fsp3) is 0.208. The van der Waals surface area contributed by atoms with Gasteiger partial charge in [-0.1, -0.05) is 127 Å². The third-order valence-corrected chi connectivity index (χ3v) is 12.8. The minimum atomic E-state index is 0.627. The van der Waals surface area contributed by atoms with Crippen molar-refractivity contribution < 1.29 is 4.74 Å². The van der Waals surface area contributed by atoms with Crippen LogP contribution in [0.2, 0.25) is 0 Å². The molecule has 2 heteroatoms. The van der Waals surface area contributed by atoms with Gasteiger partial charge in [0.2, 0.25) is 0 Å². The summed E-state index contributed by atoms with van der Waals surface area (Å²) in [6, 6.07) is 63.5. The van der Waals surface area contributed by atoms with E-state index in [2.05, 4.69) is 188 Å². The lowest BCUT2D eigenvalue weighted by atomic mass is 9.50. The summed E-state index contributed by atoms with van der Waals surface area (Å²) in [5.74, 6) is 6.13. The Morgan fingerprint density at radius 1 is 0.400 bits per heavy atom. The number of hydrogen-bond acceptors (Lipinski definition) is 2. The van der Waals surface area contributed by atoms with Crippen LogP contribution in [-0.4, -0.2) is 0 Å². The van der Waals surface area contributed by atoms with E-state index >= 15 is 0 Å². The third-order valence-electron chi connectivity index (χ3n) is 12.8. The van der Waals surface area contributed by atoms with Gasteiger partial charge in [0.05, 0.1) is 0 Å². The van der Waals surface area contributed by atoms with Gasteiger partial charge in [0, 0.05) is 17.1 Å². The second-order valence-corrected chi connectivity index (χ2v) is 16.3. The average Bonchev–Trinajstić information content (AvgIpc) is 3.23. The Balaban J connectivity index is 0.960. The summed E-state index contributed by atoms with van der Waals surface area (Å²) in [7, 11) is 0. The van der Waals surface area contributed by atoms with Gasteiger partial charge in [-0.05, 0) is 162 Å². The van der Waals surface area contributed by atoms with Gasteiger partial charge in [0.1, 0.15) is 11.5 Å². The molecular formula is C53H47NO. The lowest BCUT2D eigenvalue weighted by molar-refractivity contribution is -0.00335. The van der Waals surface area contributed by atoms with Gasteiger partial charge in [-0.3, -0.25) is 0 Å². The van der Waals surface area contributed by atoms with Gasteiger partial charge < -0.3 is 9.64 Å². The van der Waals surface area contributed by atoms with Gasteiger partial charge >= 0.3 is 0 Å². The molecule has 0 radical (unpaired) electrons. The third kappa shape index (κ3) is 6.65. The smallest absolute Gasteiger partial charge is 0.130 e. The van der Waals surface area contributed by atoms with E-state index in [1.165, 1.54) is 71.0 Å². The lowest BCUT2D eigenvalue weighted by Gasteiger charge is -2.54. The summed E-state index contributed by atoms with van der Waals surface area (Å²) in [6.45, 7) is 2.18. The zero-order valence-corrected chi connectivity index (χ0v) is 31.5. The Labute approximate surface area is 326 Å². The summed E-state index contributed by atoms with van der Waals surface area (Å²) in [4.78, 5) is 2.36. The normalized spacial score (nSPS) is 21.0. The van der Waals surface area contributed by atoms with Gasteiger partial charge in [-0.2, -0.15) is 0 Å². The Morgan fingerprint density at radius 3 is 1.31 bits per heavy atom. The number of benzene rings is 7. The number of rotatable bonds is 9. The van der Waals surface area contributed by atoms with Crippen LogP contribution in [0.4, 0.5) is 17.1 Å². The van der Waals surface area contributed by atoms with Crippen molar-refractivity contribution in [2.45, 2.75) is 44.9 Å². The molecule has 0 aliphatic heterocycles. The fourth-order valence-corrected chi connectivity index (χ4v) is 10.5. The molecule has 11 rings (SSSR count). The largest absolute Gasteiger partial charge is 0.457 e. The minimum Gasteiger partial charge on any atom is -0.457 e. The Hall–Kier alpha value is -5.86. The van der Waals surface area contributed by atoms with Crippen LogP contribution in [0.3, 0.4) is 0 Å². The van der Waals surface area contributed by atoms with Gasteiger partial charge in [-0.15, -0.1) is 0 Å². The first-order chi connectivity index (χ1) is 27.1. The predicted molar refractivity (Wildman–Crippen MR) is 228 cm³/mol. The van der Waals surface area contributed by atoms with Crippen molar-refractivity contribution in [2.75, 3.05) is 4.90 Å². The van der Waals surface area contributed by atoms with Crippen LogP contribution in [0.15, 0.2) is 176 Å². The number of ether oxygens (including phenoxy) is 1. The van der Waals surface area contributed by atoms with Crippen molar-refractivity contribution in [1.82, 2.24) is 0 Å². The molecule has 0 unspecified atom stereocenters. The zero-order chi connectivity index (χ0) is 36.7. The fourth-order valence-electron chi connectivity index (χ4n) is 10.5. The number of para-hydroxylation sites is 1. The SMILES string of the molecule is Cc1cc(N(c2ccc(-c3ccccc3)cc2)c2ccc(-c3ccc(-c4ccccc4)cc3)cc2)ccc1Oc1ccccc1C1[C@H]2C[C@H]3C[C@H](C[C@H]1C3)C2. The molecule has 0 atom stereocenters. The maximum Gasteiger partial charge on any atom is 0.130 e. The van der Waals surface area contributed by atoms with Gasteiger partial charge in [-0.25, -0.2) is 0 Å². The number of hydrogen-bond donors (Lipinski definition) is 0. The maximum atomic E-state index is 6.89. The van der Waals surface area contributed by atoms with Crippen molar-refractivity contribution in [1.29, 1.82) is 0 Å². The monoisotopic (exact) mass is 713 g/mol. The summed E-state index contributed by atoms with van der Waals surface area (Å²) in [5.41, 5.74) is 13.2. The molecule has 7 aromatic rings. The molecular weight excluding hydrogens is 667 g/mol. The van der Waals surface area contributed by atoms with Crippen LogP contribution in [0, 0.1) is 30.6 Å². The number of aryl methyl sites for hydroxylation is 1. The molecule has 4 aliphatic carbocycles. The molecule has 4 aliphatic rings. The summed E-state index contributed by atoms with van der Waals surface area (Å²) >= 11 is 0. The highest BCUT2D eigenvalue weighted by atomic mass is 16.5. The predicted octanol–water partition coefficient (Wildman–Crippen LogP) is 14.8. The van der Waals surface area contributed by atoms with E-state index in [0.717, 1.165) is 57.8 Å². The minimum absolute atomic E-state index is 0.627. The molecule has 55 heavy (non-hydrogen) atoms. The molecule has 0 heterocycles. The number of nitrogens with zero attached hydrogens (tertiary/aromatic N) is 1. The van der Waals surface area contributed by atoms with Crippen molar-refractivity contribution in [3.05, 3.63) is 187 Å². The van der Waals surface area contributed by atoms with Gasteiger partial charge in [0.15, 0.2) is 0 Å². The molecule has 2 nitrogen and oxygen atoms in total. The average molecular weight is 714 g/mol. The standard InChI is InChI=1S/C53H47NO/c1-36-30-49(28-29-51(36)55-52-15-9-8-14-50(52)53-45-32-37-31-38(34-45)35-46(53)33-37)54(47-24-20-43(21-25-47)40-12-6-3-7-13-40)48-26-22-44(23-27-48)42-18-16-41(17-19-42)39-10-4-2-5-11-39/h2-30,37-38,45-46,53H,31-35H2,1H3/t37-,38+,45+,46-,53?. The first-order valence-corrected chi connectivity index (χ1v) is 20.2. The second kappa shape index (κ2) is 14.4. The zero-order valence-electron chi connectivity index (χ0n) is 31.5. The quantitative estimate of drug-likeness (QED) is 0.148. The van der Waals surface area contributed by atoms with Crippen LogP contribution >= 0.6 is 0 Å². The Morgan fingerprint density at radius 2 is 0.818 bits per heavy atom. The highest BCUT2D eigenvalue weighted by Gasteiger charge is 2.49. The molecule has 0 spiro atoms. The van der Waals surface area contributed by atoms with Gasteiger partial charge in [0.25, 0.3) is 0 Å². The van der Waals surface area contributed by atoms with E-state index in [1.54, 1.807) is 0 Å². The maximum absolute atomic E-state index is 6.89. The highest BCUT2D eigenvalue weighted by Crippen LogP contribution is 2.61. The van der Waals surface area contributed by atoms with Crippen LogP contribution in [0.5, 0.6) is 11.5 Å². The molecule has 4 fully saturated rings. The first-order valence-electron chi connectivity index (χ1n) is 20.2. The summed E-state index contributed by atoms with van der Waals surface area (Å²) in [6.07, 6.45) is 7.10. The molecule has 4 saturated carbocycles. The van der Waals surface area contributed by atoms with Crippen LogP contribution in [-0.2, 0) is 0 Å². The van der Waals surface area contributed by atoms with E-state index in [4.69, 9.17) is 4.74 Å². The van der Waals surface area contributed by atoms with E-state index in [0.29, 0.717) is 5.92 Å². The van der Waals surface area contributed by atoms with Crippen LogP contribution in [0.1, 0.15) is 49.1 Å². The van der Waals surface area contributed by atoms with Crippen molar-refractivity contribution in [3.63, 3.8) is 0 Å². The van der Waals surface area contributed by atoms with Crippen molar-refractivity contribution >= 4 is 17.1 Å². The van der Waals surface area contributed by atoms with Crippen LogP contribution < -0.4 is 9.64 Å². The van der Waals surface area contributed by atoms with Crippen molar-refractivity contribution in [3.8, 4) is 44.9 Å². The Kier molecular flexibility index (Phi) is 8.83. The lowest BCUT2D eigenvalue weighted by Crippen LogP contribution is -2.43. The van der Waals surface area contributed by atoms with Crippen molar-refractivity contribution in [2.24, 2.45) is 23.7 Å². The van der Waals surface area contributed by atoms with E-state index < -0.39 is 0 Å². The highest BCUT2D eigenvalue weighted by molar-refractivity contribution is 5.81. The molecule has 270 valence electrons. The molecule has 0 saturated heterocycles. The summed E-state index contributed by atoms with van der Waals surface area (Å²) in [5, 5.41) is 0. The Bertz CT molecular complexity index is 2370. The van der Waals surface area contributed by atoms with E-state index in [1.807, 2.05) is 0 Å². The molecule has 7 aromatic carbocycles. The molecule has 0 aromatic heterocycles.